The summed E-state index contributed by atoms with van der Waals surface area (Å²) in [5, 5.41) is 2.03. The fourth-order valence-electron chi connectivity index (χ4n) is 3.76. The SMILES string of the molecule is Cl.FC(F)(F)c1cccc(N2CCN(c3nc4ccsc4n4cccc34)CC2)c1. The molecule has 5 rings (SSSR count). The Morgan fingerprint density at radius 2 is 1.69 bits per heavy atom. The summed E-state index contributed by atoms with van der Waals surface area (Å²) >= 11 is 1.66. The number of thiophene rings is 1. The number of aromatic nitrogens is 2. The molecule has 4 heterocycles. The van der Waals surface area contributed by atoms with Crippen LogP contribution in [0.3, 0.4) is 0 Å². The molecule has 1 saturated heterocycles. The van der Waals surface area contributed by atoms with E-state index in [2.05, 4.69) is 15.4 Å². The molecule has 1 fully saturated rings. The van der Waals surface area contributed by atoms with Crippen LogP contribution in [0.25, 0.3) is 15.9 Å². The highest BCUT2D eigenvalue weighted by atomic mass is 35.5. The Hall–Kier alpha value is -2.45. The Morgan fingerprint density at radius 1 is 0.931 bits per heavy atom. The quantitative estimate of drug-likeness (QED) is 0.423. The van der Waals surface area contributed by atoms with Crippen LogP contribution in [-0.2, 0) is 6.18 Å². The first-order valence-corrected chi connectivity index (χ1v) is 9.90. The maximum absolute atomic E-state index is 13.0. The number of alkyl halides is 3. The van der Waals surface area contributed by atoms with Gasteiger partial charge in [0.15, 0.2) is 5.82 Å². The Kier molecular flexibility index (Phi) is 5.08. The first kappa shape index (κ1) is 19.8. The molecule has 0 N–H and O–H groups in total. The molecule has 0 spiro atoms. The third-order valence-electron chi connectivity index (χ3n) is 5.17. The van der Waals surface area contributed by atoms with Crippen molar-refractivity contribution in [1.82, 2.24) is 9.38 Å². The number of hydrogen-bond donors (Lipinski definition) is 0. The summed E-state index contributed by atoms with van der Waals surface area (Å²) in [4.78, 5) is 10.2. The maximum Gasteiger partial charge on any atom is 0.416 e. The number of nitrogens with zero attached hydrogens (tertiary/aromatic N) is 4. The van der Waals surface area contributed by atoms with E-state index in [1.807, 2.05) is 28.6 Å². The molecule has 0 radical (unpaired) electrons. The predicted molar refractivity (Wildman–Crippen MR) is 114 cm³/mol. The van der Waals surface area contributed by atoms with Crippen molar-refractivity contribution in [2.24, 2.45) is 0 Å². The third kappa shape index (κ3) is 3.51. The average Bonchev–Trinajstić information content (AvgIpc) is 3.35. The molecule has 0 bridgehead atoms. The van der Waals surface area contributed by atoms with Crippen molar-refractivity contribution >= 4 is 51.1 Å². The van der Waals surface area contributed by atoms with Crippen molar-refractivity contribution in [2.45, 2.75) is 6.18 Å². The molecule has 1 aromatic carbocycles. The molecule has 4 nitrogen and oxygen atoms in total. The van der Waals surface area contributed by atoms with Gasteiger partial charge < -0.3 is 14.2 Å². The number of fused-ring (bicyclic) bond motifs is 3. The van der Waals surface area contributed by atoms with Crippen molar-refractivity contribution < 1.29 is 13.2 Å². The molecule has 4 aromatic rings. The minimum absolute atomic E-state index is 0. The number of hydrogen-bond acceptors (Lipinski definition) is 4. The molecule has 0 unspecified atom stereocenters. The van der Waals surface area contributed by atoms with Gasteiger partial charge in [-0.1, -0.05) is 6.07 Å². The number of piperazine rings is 1. The lowest BCUT2D eigenvalue weighted by molar-refractivity contribution is -0.137. The number of rotatable bonds is 2. The van der Waals surface area contributed by atoms with Crippen molar-refractivity contribution in [3.05, 3.63) is 59.6 Å². The standard InChI is InChI=1S/C20H17F3N4S.ClH/c21-20(22,23)14-3-1-4-15(13-14)25-8-10-26(11-9-25)18-17-5-2-7-27(17)19-16(24-18)6-12-28-19;/h1-7,12-13H,8-11H2;1H. The topological polar surface area (TPSA) is 23.8 Å². The lowest BCUT2D eigenvalue weighted by Gasteiger charge is -2.37. The fourth-order valence-corrected chi connectivity index (χ4v) is 4.59. The van der Waals surface area contributed by atoms with Crippen molar-refractivity contribution in [1.29, 1.82) is 0 Å². The van der Waals surface area contributed by atoms with E-state index in [1.54, 1.807) is 17.4 Å². The summed E-state index contributed by atoms with van der Waals surface area (Å²) in [5.41, 5.74) is 2.03. The van der Waals surface area contributed by atoms with Gasteiger partial charge in [0.25, 0.3) is 0 Å². The minimum atomic E-state index is -4.32. The Morgan fingerprint density at radius 3 is 2.45 bits per heavy atom. The van der Waals surface area contributed by atoms with Crippen LogP contribution in [0, 0.1) is 0 Å². The molecule has 0 atom stereocenters. The second kappa shape index (κ2) is 7.42. The maximum atomic E-state index is 13.0. The first-order chi connectivity index (χ1) is 13.5. The third-order valence-corrected chi connectivity index (χ3v) is 6.07. The molecule has 0 amide bonds. The molecular formula is C20H18ClF3N4S. The Bertz CT molecular complexity index is 1150. The summed E-state index contributed by atoms with van der Waals surface area (Å²) in [6.45, 7) is 2.72. The van der Waals surface area contributed by atoms with Crippen LogP contribution in [0.4, 0.5) is 24.7 Å². The van der Waals surface area contributed by atoms with E-state index < -0.39 is 11.7 Å². The lowest BCUT2D eigenvalue weighted by Crippen LogP contribution is -2.47. The van der Waals surface area contributed by atoms with Crippen molar-refractivity contribution in [3.63, 3.8) is 0 Å². The lowest BCUT2D eigenvalue weighted by atomic mass is 10.1. The summed E-state index contributed by atoms with van der Waals surface area (Å²) in [6.07, 6.45) is -2.28. The van der Waals surface area contributed by atoms with Gasteiger partial charge in [0.1, 0.15) is 10.3 Å². The average molecular weight is 439 g/mol. The van der Waals surface area contributed by atoms with E-state index in [1.165, 1.54) is 12.1 Å². The summed E-state index contributed by atoms with van der Waals surface area (Å²) in [7, 11) is 0. The minimum Gasteiger partial charge on any atom is -0.368 e. The van der Waals surface area contributed by atoms with Gasteiger partial charge >= 0.3 is 6.18 Å². The van der Waals surface area contributed by atoms with Gasteiger partial charge in [-0.2, -0.15) is 13.2 Å². The van der Waals surface area contributed by atoms with Gasteiger partial charge in [-0.15, -0.1) is 23.7 Å². The molecule has 3 aromatic heterocycles. The zero-order valence-corrected chi connectivity index (χ0v) is 16.9. The summed E-state index contributed by atoms with van der Waals surface area (Å²) in [5.74, 6) is 0.930. The summed E-state index contributed by atoms with van der Waals surface area (Å²) < 4.78 is 41.2. The van der Waals surface area contributed by atoms with E-state index in [4.69, 9.17) is 4.98 Å². The fraction of sp³-hybridized carbons (Fsp3) is 0.250. The van der Waals surface area contributed by atoms with E-state index in [-0.39, 0.29) is 12.4 Å². The number of benzene rings is 1. The first-order valence-electron chi connectivity index (χ1n) is 9.02. The molecule has 9 heteroatoms. The molecule has 1 aliphatic rings. The smallest absolute Gasteiger partial charge is 0.368 e. The van der Waals surface area contributed by atoms with Crippen LogP contribution in [-0.4, -0.2) is 35.6 Å². The normalized spacial score (nSPS) is 15.1. The van der Waals surface area contributed by atoms with Gasteiger partial charge in [-0.25, -0.2) is 4.98 Å². The highest BCUT2D eigenvalue weighted by molar-refractivity contribution is 7.16. The van der Waals surface area contributed by atoms with Crippen molar-refractivity contribution in [2.75, 3.05) is 36.0 Å². The highest BCUT2D eigenvalue weighted by Gasteiger charge is 2.31. The Labute approximate surface area is 175 Å². The summed E-state index contributed by atoms with van der Waals surface area (Å²) in [6, 6.07) is 11.6. The molecule has 152 valence electrons. The van der Waals surface area contributed by atoms with E-state index >= 15 is 0 Å². The highest BCUT2D eigenvalue weighted by Crippen LogP contribution is 2.33. The van der Waals surface area contributed by atoms with Crippen molar-refractivity contribution in [3.8, 4) is 0 Å². The van der Waals surface area contributed by atoms with Gasteiger partial charge in [0.05, 0.1) is 11.1 Å². The van der Waals surface area contributed by atoms with Crippen LogP contribution in [0.15, 0.2) is 54.0 Å². The van der Waals surface area contributed by atoms with Gasteiger partial charge in [0.2, 0.25) is 0 Å². The number of anilines is 2. The van der Waals surface area contributed by atoms with Gasteiger partial charge in [0, 0.05) is 38.1 Å². The van der Waals surface area contributed by atoms with E-state index in [0.29, 0.717) is 31.9 Å². The van der Waals surface area contributed by atoms with Crippen LogP contribution >= 0.6 is 23.7 Å². The molecule has 0 aliphatic carbocycles. The van der Waals surface area contributed by atoms with E-state index in [9.17, 15) is 13.2 Å². The van der Waals surface area contributed by atoms with Gasteiger partial charge in [-0.3, -0.25) is 0 Å². The van der Waals surface area contributed by atoms with Crippen LogP contribution in [0.1, 0.15) is 5.56 Å². The second-order valence-corrected chi connectivity index (χ2v) is 7.73. The molecule has 1 aliphatic heterocycles. The van der Waals surface area contributed by atoms with Crippen LogP contribution < -0.4 is 9.80 Å². The van der Waals surface area contributed by atoms with E-state index in [0.717, 1.165) is 27.7 Å². The Balaban J connectivity index is 0.00000205. The van der Waals surface area contributed by atoms with Gasteiger partial charge in [-0.05, 0) is 41.8 Å². The zero-order valence-electron chi connectivity index (χ0n) is 15.3. The van der Waals surface area contributed by atoms with Crippen LogP contribution in [0.2, 0.25) is 0 Å². The largest absolute Gasteiger partial charge is 0.416 e. The number of halogens is 4. The molecular weight excluding hydrogens is 421 g/mol. The predicted octanol–water partition coefficient (Wildman–Crippen LogP) is 5.32. The molecule has 0 saturated carbocycles. The molecule has 29 heavy (non-hydrogen) atoms. The second-order valence-electron chi connectivity index (χ2n) is 6.83. The monoisotopic (exact) mass is 438 g/mol. The van der Waals surface area contributed by atoms with Crippen LogP contribution in [0.5, 0.6) is 0 Å². The zero-order chi connectivity index (χ0) is 19.3.